The van der Waals surface area contributed by atoms with Crippen LogP contribution in [0.4, 0.5) is 5.69 Å². The number of Topliss-reactive ketones (excluding diaryl/α,β-unsaturated/α-hetero) is 1. The van der Waals surface area contributed by atoms with Crippen LogP contribution >= 0.6 is 0 Å². The maximum absolute atomic E-state index is 13.5. The summed E-state index contributed by atoms with van der Waals surface area (Å²) in [5.74, 6) is 1.99. The maximum atomic E-state index is 13.5. The molecule has 3 aliphatic rings. The van der Waals surface area contributed by atoms with E-state index < -0.39 is 0 Å². The molecule has 0 saturated carbocycles. The van der Waals surface area contributed by atoms with E-state index in [0.29, 0.717) is 59.3 Å². The summed E-state index contributed by atoms with van der Waals surface area (Å²) < 4.78 is 19.3. The highest BCUT2D eigenvalue weighted by Gasteiger charge is 2.31. The molecule has 3 fully saturated rings. The van der Waals surface area contributed by atoms with Gasteiger partial charge in [-0.05, 0) is 78.9 Å². The Morgan fingerprint density at radius 1 is 0.846 bits per heavy atom. The van der Waals surface area contributed by atoms with E-state index in [-0.39, 0.29) is 42.2 Å². The number of carbonyl (C=O) groups excluding carboxylic acids is 3. The highest BCUT2D eigenvalue weighted by Crippen LogP contribution is 2.37. The lowest BCUT2D eigenvalue weighted by molar-refractivity contribution is -0.128. The highest BCUT2D eigenvalue weighted by molar-refractivity contribution is 6.09. The number of ketones is 1. The molecule has 2 aromatic carbocycles. The van der Waals surface area contributed by atoms with E-state index in [1.807, 2.05) is 35.4 Å². The molecule has 272 valence electrons. The molecule has 4 aromatic rings. The second kappa shape index (κ2) is 15.2. The molecular weight excluding hydrogens is 662 g/mol. The van der Waals surface area contributed by atoms with Crippen LogP contribution in [0.1, 0.15) is 48.9 Å². The summed E-state index contributed by atoms with van der Waals surface area (Å²) in [7, 11) is 4.93. The molecule has 3 saturated heterocycles. The van der Waals surface area contributed by atoms with Crippen LogP contribution in [-0.2, 0) is 16.6 Å². The van der Waals surface area contributed by atoms with E-state index in [0.717, 1.165) is 61.8 Å². The summed E-state index contributed by atoms with van der Waals surface area (Å²) in [5, 5.41) is 1.42. The predicted octanol–water partition coefficient (Wildman–Crippen LogP) is 4.71. The molecule has 0 unspecified atom stereocenters. The van der Waals surface area contributed by atoms with Crippen LogP contribution in [0, 0.1) is 5.92 Å². The zero-order valence-electron chi connectivity index (χ0n) is 30.0. The number of methoxy groups -OCH3 is 2. The third kappa shape index (κ3) is 7.25. The fourth-order valence-corrected chi connectivity index (χ4v) is 7.73. The summed E-state index contributed by atoms with van der Waals surface area (Å²) in [6, 6.07) is 13.0. The van der Waals surface area contributed by atoms with Gasteiger partial charge in [-0.3, -0.25) is 24.2 Å². The number of hydrogen-bond donors (Lipinski definition) is 0. The first-order valence-corrected chi connectivity index (χ1v) is 18.0. The molecule has 0 aliphatic carbocycles. The quantitative estimate of drug-likeness (QED) is 0.228. The number of piperidine rings is 3. The Morgan fingerprint density at radius 2 is 1.60 bits per heavy atom. The number of aromatic nitrogens is 2. The van der Waals surface area contributed by atoms with Crippen LogP contribution < -0.4 is 24.7 Å². The Bertz CT molecular complexity index is 2050. The first-order valence-electron chi connectivity index (χ1n) is 18.0. The lowest BCUT2D eigenvalue weighted by Gasteiger charge is -2.38. The SMILES string of the molecule is COc1cc(-c2cn(C)c(=O)c3cnccc23)ccc1OC1CCN(CC2CCN(C(=O)c3ccc(OC)c(N4CCC(=O)CC4=O)c3)CC2)CC1. The monoisotopic (exact) mass is 707 g/mol. The van der Waals surface area contributed by atoms with Crippen LogP contribution in [-0.4, -0.2) is 96.5 Å². The lowest BCUT2D eigenvalue weighted by Crippen LogP contribution is -2.44. The van der Waals surface area contributed by atoms with Crippen molar-refractivity contribution in [1.29, 1.82) is 0 Å². The first-order chi connectivity index (χ1) is 25.2. The molecule has 2 amide bonds. The molecule has 0 atom stereocenters. The topological polar surface area (TPSA) is 124 Å². The van der Waals surface area contributed by atoms with Crippen molar-refractivity contribution in [2.45, 2.75) is 44.6 Å². The fraction of sp³-hybridized carbons (Fsp3) is 0.425. The second-order valence-corrected chi connectivity index (χ2v) is 14.0. The van der Waals surface area contributed by atoms with E-state index in [2.05, 4.69) is 9.88 Å². The van der Waals surface area contributed by atoms with Gasteiger partial charge in [0.1, 0.15) is 17.6 Å². The smallest absolute Gasteiger partial charge is 0.259 e. The van der Waals surface area contributed by atoms with Crippen molar-refractivity contribution in [3.8, 4) is 28.4 Å². The fourth-order valence-electron chi connectivity index (χ4n) is 7.73. The Balaban J connectivity index is 0.913. The van der Waals surface area contributed by atoms with Gasteiger partial charge in [-0.25, -0.2) is 0 Å². The number of rotatable bonds is 9. The van der Waals surface area contributed by atoms with Crippen LogP contribution in [0.3, 0.4) is 0 Å². The molecule has 7 rings (SSSR count). The van der Waals surface area contributed by atoms with Crippen molar-refractivity contribution in [3.05, 3.63) is 77.0 Å². The van der Waals surface area contributed by atoms with E-state index in [9.17, 15) is 19.2 Å². The van der Waals surface area contributed by atoms with E-state index >= 15 is 0 Å². The number of ether oxygens (including phenoxy) is 3. The number of anilines is 1. The van der Waals surface area contributed by atoms with Crippen LogP contribution in [0.5, 0.6) is 17.2 Å². The maximum Gasteiger partial charge on any atom is 0.259 e. The van der Waals surface area contributed by atoms with Gasteiger partial charge in [-0.2, -0.15) is 0 Å². The molecule has 3 aliphatic heterocycles. The normalized spacial score (nSPS) is 17.8. The van der Waals surface area contributed by atoms with Crippen molar-refractivity contribution < 1.29 is 28.6 Å². The molecular formula is C40H45N5O7. The number of aryl methyl sites for hydroxylation is 1. The molecule has 0 radical (unpaired) electrons. The van der Waals surface area contributed by atoms with Gasteiger partial charge in [0.2, 0.25) is 5.91 Å². The third-order valence-electron chi connectivity index (χ3n) is 10.7. The van der Waals surface area contributed by atoms with Gasteiger partial charge in [0, 0.05) is 82.5 Å². The third-order valence-corrected chi connectivity index (χ3v) is 10.7. The number of hydrogen-bond acceptors (Lipinski definition) is 9. The van der Waals surface area contributed by atoms with Gasteiger partial charge < -0.3 is 33.5 Å². The van der Waals surface area contributed by atoms with E-state index in [1.165, 1.54) is 7.11 Å². The Labute approximate surface area is 302 Å². The minimum Gasteiger partial charge on any atom is -0.495 e. The number of pyridine rings is 2. The van der Waals surface area contributed by atoms with Crippen LogP contribution in [0.25, 0.3) is 21.9 Å². The zero-order valence-corrected chi connectivity index (χ0v) is 30.0. The highest BCUT2D eigenvalue weighted by atomic mass is 16.5. The van der Waals surface area contributed by atoms with Gasteiger partial charge in [0.15, 0.2) is 11.5 Å². The Morgan fingerprint density at radius 3 is 2.33 bits per heavy atom. The molecule has 0 bridgehead atoms. The van der Waals surface area contributed by atoms with Gasteiger partial charge in [0.05, 0.1) is 31.7 Å². The average Bonchev–Trinajstić information content (AvgIpc) is 3.17. The van der Waals surface area contributed by atoms with Crippen LogP contribution in [0.2, 0.25) is 0 Å². The van der Waals surface area contributed by atoms with Gasteiger partial charge in [-0.15, -0.1) is 0 Å². The van der Waals surface area contributed by atoms with Crippen molar-refractivity contribution in [2.75, 3.05) is 58.4 Å². The predicted molar refractivity (Wildman–Crippen MR) is 197 cm³/mol. The summed E-state index contributed by atoms with van der Waals surface area (Å²) >= 11 is 0. The van der Waals surface area contributed by atoms with Gasteiger partial charge in [0.25, 0.3) is 11.5 Å². The average molecular weight is 708 g/mol. The summed E-state index contributed by atoms with van der Waals surface area (Å²) in [6.45, 7) is 4.54. The largest absolute Gasteiger partial charge is 0.495 e. The van der Waals surface area contributed by atoms with Crippen LogP contribution in [0.15, 0.2) is 65.8 Å². The zero-order chi connectivity index (χ0) is 36.4. The number of carbonyl (C=O) groups is 3. The van der Waals surface area contributed by atoms with Gasteiger partial charge in [-0.1, -0.05) is 6.07 Å². The van der Waals surface area contributed by atoms with Crippen molar-refractivity contribution in [2.24, 2.45) is 13.0 Å². The molecule has 0 spiro atoms. The molecule has 52 heavy (non-hydrogen) atoms. The minimum atomic E-state index is -0.268. The molecule has 0 N–H and O–H groups in total. The minimum absolute atomic E-state index is 0.0515. The van der Waals surface area contributed by atoms with Crippen molar-refractivity contribution in [1.82, 2.24) is 19.4 Å². The number of fused-ring (bicyclic) bond motifs is 1. The summed E-state index contributed by atoms with van der Waals surface area (Å²) in [6.07, 6.45) is 9.09. The van der Waals surface area contributed by atoms with E-state index in [4.69, 9.17) is 14.2 Å². The van der Waals surface area contributed by atoms with Gasteiger partial charge >= 0.3 is 0 Å². The number of amides is 2. The summed E-state index contributed by atoms with van der Waals surface area (Å²) in [4.78, 5) is 60.7. The number of nitrogens with zero attached hydrogens (tertiary/aromatic N) is 5. The standard InChI is InChI=1S/C40H45N5O7/c1-42-25-33(31-8-14-41-23-32(31)40(42)49)27-4-7-36(37(21-27)51-3)52-30-12-15-43(16-13-30)24-26-9-17-44(18-10-26)39(48)28-5-6-35(50-2)34(20-28)45-19-11-29(46)22-38(45)47/h4-8,14,20-21,23,25-26,30H,9-13,15-19,22,24H2,1-3H3. The van der Waals surface area contributed by atoms with Crippen molar-refractivity contribution >= 4 is 34.1 Å². The molecule has 12 heteroatoms. The van der Waals surface area contributed by atoms with E-state index in [1.54, 1.807) is 54.2 Å². The summed E-state index contributed by atoms with van der Waals surface area (Å²) in [5.41, 5.74) is 2.83. The molecule has 5 heterocycles. The first kappa shape index (κ1) is 35.2. The Kier molecular flexibility index (Phi) is 10.3. The second-order valence-electron chi connectivity index (χ2n) is 14.0. The molecule has 12 nitrogen and oxygen atoms in total. The van der Waals surface area contributed by atoms with Crippen molar-refractivity contribution in [3.63, 3.8) is 0 Å². The lowest BCUT2D eigenvalue weighted by atomic mass is 9.94. The Hall–Kier alpha value is -5.23. The molecule has 2 aromatic heterocycles. The number of likely N-dealkylation sites (tertiary alicyclic amines) is 2. The number of benzene rings is 2.